The lowest BCUT2D eigenvalue weighted by Crippen LogP contribution is -2.45. The summed E-state index contributed by atoms with van der Waals surface area (Å²) in [5, 5.41) is 0. The molecule has 18 heavy (non-hydrogen) atoms. The molecule has 0 amide bonds. The van der Waals surface area contributed by atoms with E-state index in [4.69, 9.17) is 5.73 Å². The molecule has 1 aromatic heterocycles. The topological polar surface area (TPSA) is 58.3 Å². The van der Waals surface area contributed by atoms with Crippen LogP contribution in [0.2, 0.25) is 0 Å². The van der Waals surface area contributed by atoms with Crippen LogP contribution in [0.3, 0.4) is 0 Å². The molecule has 1 aliphatic heterocycles. The SMILES string of the molecule is CN(C)C1CCCN(c2ncc(CCN)cn2)C1. The Balaban J connectivity index is 2.02. The van der Waals surface area contributed by atoms with Crippen molar-refractivity contribution < 1.29 is 0 Å². The summed E-state index contributed by atoms with van der Waals surface area (Å²) in [6.07, 6.45) is 7.11. The molecule has 1 aromatic rings. The first-order chi connectivity index (χ1) is 8.70. The monoisotopic (exact) mass is 249 g/mol. The number of hydrogen-bond donors (Lipinski definition) is 1. The molecule has 1 aliphatic rings. The van der Waals surface area contributed by atoms with Crippen LogP contribution in [0, 0.1) is 0 Å². The second-order valence-electron chi connectivity index (χ2n) is 5.14. The van der Waals surface area contributed by atoms with Crippen molar-refractivity contribution in [1.29, 1.82) is 0 Å². The number of aromatic nitrogens is 2. The minimum absolute atomic E-state index is 0.603. The van der Waals surface area contributed by atoms with Crippen LogP contribution in [0.5, 0.6) is 0 Å². The van der Waals surface area contributed by atoms with Gasteiger partial charge in [0.2, 0.25) is 5.95 Å². The van der Waals surface area contributed by atoms with Gasteiger partial charge < -0.3 is 15.5 Å². The third-order valence-electron chi connectivity index (χ3n) is 3.53. The van der Waals surface area contributed by atoms with E-state index in [0.29, 0.717) is 12.6 Å². The van der Waals surface area contributed by atoms with E-state index in [1.54, 1.807) is 0 Å². The maximum atomic E-state index is 5.52. The number of likely N-dealkylation sites (N-methyl/N-ethyl adjacent to an activating group) is 1. The molecular weight excluding hydrogens is 226 g/mol. The van der Waals surface area contributed by atoms with Gasteiger partial charge in [-0.25, -0.2) is 9.97 Å². The Bertz CT molecular complexity index is 362. The number of hydrogen-bond acceptors (Lipinski definition) is 5. The molecule has 0 bridgehead atoms. The molecule has 1 unspecified atom stereocenters. The van der Waals surface area contributed by atoms with Crippen molar-refractivity contribution in [3.8, 4) is 0 Å². The molecule has 5 nitrogen and oxygen atoms in total. The van der Waals surface area contributed by atoms with E-state index >= 15 is 0 Å². The molecule has 1 saturated heterocycles. The number of rotatable bonds is 4. The molecule has 2 N–H and O–H groups in total. The van der Waals surface area contributed by atoms with Crippen LogP contribution in [0.15, 0.2) is 12.4 Å². The van der Waals surface area contributed by atoms with Crippen LogP contribution in [0.25, 0.3) is 0 Å². The smallest absolute Gasteiger partial charge is 0.225 e. The Labute approximate surface area is 109 Å². The van der Waals surface area contributed by atoms with E-state index in [-0.39, 0.29) is 0 Å². The Hall–Kier alpha value is -1.20. The van der Waals surface area contributed by atoms with Crippen LogP contribution < -0.4 is 10.6 Å². The van der Waals surface area contributed by atoms with Gasteiger partial charge in [-0.1, -0.05) is 0 Å². The average Bonchev–Trinajstić information content (AvgIpc) is 2.40. The van der Waals surface area contributed by atoms with Gasteiger partial charge in [0.1, 0.15) is 0 Å². The van der Waals surface area contributed by atoms with Crippen molar-refractivity contribution in [3.05, 3.63) is 18.0 Å². The van der Waals surface area contributed by atoms with Crippen LogP contribution in [0.1, 0.15) is 18.4 Å². The Morgan fingerprint density at radius 2 is 2.11 bits per heavy atom. The summed E-state index contributed by atoms with van der Waals surface area (Å²) >= 11 is 0. The van der Waals surface area contributed by atoms with E-state index in [9.17, 15) is 0 Å². The summed E-state index contributed by atoms with van der Waals surface area (Å²) in [6.45, 7) is 2.72. The van der Waals surface area contributed by atoms with E-state index < -0.39 is 0 Å². The fourth-order valence-electron chi connectivity index (χ4n) is 2.36. The predicted octanol–water partition coefficient (Wildman–Crippen LogP) is 0.508. The molecule has 0 aliphatic carbocycles. The van der Waals surface area contributed by atoms with Crippen LogP contribution in [0.4, 0.5) is 5.95 Å². The molecule has 0 aromatic carbocycles. The fraction of sp³-hybridized carbons (Fsp3) is 0.692. The zero-order chi connectivity index (χ0) is 13.0. The van der Waals surface area contributed by atoms with Gasteiger partial charge in [-0.15, -0.1) is 0 Å². The zero-order valence-corrected chi connectivity index (χ0v) is 11.3. The molecule has 1 atom stereocenters. The lowest BCUT2D eigenvalue weighted by molar-refractivity contribution is 0.257. The standard InChI is InChI=1S/C13H23N5/c1-17(2)12-4-3-7-18(10-12)13-15-8-11(5-6-14)9-16-13/h8-9,12H,3-7,10,14H2,1-2H3. The van der Waals surface area contributed by atoms with Gasteiger partial charge in [0.15, 0.2) is 0 Å². The van der Waals surface area contributed by atoms with Gasteiger partial charge >= 0.3 is 0 Å². The lowest BCUT2D eigenvalue weighted by atomic mass is 10.1. The third-order valence-corrected chi connectivity index (χ3v) is 3.53. The largest absolute Gasteiger partial charge is 0.339 e. The summed E-state index contributed by atoms with van der Waals surface area (Å²) in [5.74, 6) is 0.849. The Kier molecular flexibility index (Phi) is 4.49. The van der Waals surface area contributed by atoms with E-state index in [1.807, 2.05) is 12.4 Å². The summed E-state index contributed by atoms with van der Waals surface area (Å²) in [4.78, 5) is 13.5. The average molecular weight is 249 g/mol. The highest BCUT2D eigenvalue weighted by molar-refractivity contribution is 5.31. The molecule has 2 heterocycles. The molecule has 0 spiro atoms. The maximum absolute atomic E-state index is 5.52. The highest BCUT2D eigenvalue weighted by atomic mass is 15.3. The highest BCUT2D eigenvalue weighted by Crippen LogP contribution is 2.18. The highest BCUT2D eigenvalue weighted by Gasteiger charge is 2.22. The second kappa shape index (κ2) is 6.11. The van der Waals surface area contributed by atoms with Crippen molar-refractivity contribution in [2.75, 3.05) is 38.6 Å². The molecule has 0 radical (unpaired) electrons. The second-order valence-corrected chi connectivity index (χ2v) is 5.14. The molecule has 1 fully saturated rings. The quantitative estimate of drug-likeness (QED) is 0.842. The van der Waals surface area contributed by atoms with Crippen molar-refractivity contribution in [1.82, 2.24) is 14.9 Å². The van der Waals surface area contributed by atoms with Crippen molar-refractivity contribution >= 4 is 5.95 Å². The van der Waals surface area contributed by atoms with Gasteiger partial charge in [0.25, 0.3) is 0 Å². The van der Waals surface area contributed by atoms with Crippen molar-refractivity contribution in [2.24, 2.45) is 5.73 Å². The minimum atomic E-state index is 0.603. The zero-order valence-electron chi connectivity index (χ0n) is 11.3. The van der Waals surface area contributed by atoms with Crippen LogP contribution in [-0.2, 0) is 6.42 Å². The first-order valence-electron chi connectivity index (χ1n) is 6.63. The summed E-state index contributed by atoms with van der Waals surface area (Å²) in [5.41, 5.74) is 6.63. The van der Waals surface area contributed by atoms with Gasteiger partial charge in [-0.3, -0.25) is 0 Å². The van der Waals surface area contributed by atoms with E-state index in [2.05, 4.69) is 33.9 Å². The van der Waals surface area contributed by atoms with Crippen molar-refractivity contribution in [3.63, 3.8) is 0 Å². The van der Waals surface area contributed by atoms with Gasteiger partial charge in [0, 0.05) is 31.5 Å². The summed E-state index contributed by atoms with van der Waals surface area (Å²) in [6, 6.07) is 0.603. The molecule has 100 valence electrons. The number of nitrogens with zero attached hydrogens (tertiary/aromatic N) is 4. The minimum Gasteiger partial charge on any atom is -0.339 e. The Morgan fingerprint density at radius 1 is 1.39 bits per heavy atom. The normalized spacial score (nSPS) is 20.4. The van der Waals surface area contributed by atoms with E-state index in [1.165, 1.54) is 12.8 Å². The maximum Gasteiger partial charge on any atom is 0.225 e. The first kappa shape index (κ1) is 13.2. The summed E-state index contributed by atoms with van der Waals surface area (Å²) < 4.78 is 0. The van der Waals surface area contributed by atoms with Gasteiger partial charge in [-0.2, -0.15) is 0 Å². The van der Waals surface area contributed by atoms with Crippen molar-refractivity contribution in [2.45, 2.75) is 25.3 Å². The van der Waals surface area contributed by atoms with E-state index in [0.717, 1.165) is 31.0 Å². The predicted molar refractivity (Wildman–Crippen MR) is 73.7 cm³/mol. The Morgan fingerprint density at radius 3 is 2.72 bits per heavy atom. The lowest BCUT2D eigenvalue weighted by Gasteiger charge is -2.36. The van der Waals surface area contributed by atoms with Gasteiger partial charge in [0.05, 0.1) is 0 Å². The molecule has 5 heteroatoms. The molecule has 0 saturated carbocycles. The van der Waals surface area contributed by atoms with Crippen LogP contribution in [-0.4, -0.2) is 54.6 Å². The molecule has 2 rings (SSSR count). The number of anilines is 1. The van der Waals surface area contributed by atoms with Crippen LogP contribution >= 0.6 is 0 Å². The first-order valence-corrected chi connectivity index (χ1v) is 6.63. The third kappa shape index (κ3) is 3.17. The fourth-order valence-corrected chi connectivity index (χ4v) is 2.36. The molecular formula is C13H23N5. The number of nitrogens with two attached hydrogens (primary N) is 1. The summed E-state index contributed by atoms with van der Waals surface area (Å²) in [7, 11) is 4.28. The van der Waals surface area contributed by atoms with Gasteiger partial charge in [-0.05, 0) is 45.5 Å². The number of piperidine rings is 1.